The van der Waals surface area contributed by atoms with Crippen molar-refractivity contribution in [1.82, 2.24) is 10.6 Å². The summed E-state index contributed by atoms with van der Waals surface area (Å²) in [5.41, 5.74) is 1.25. The number of hydrogen-bond acceptors (Lipinski definition) is 3. The van der Waals surface area contributed by atoms with Gasteiger partial charge in [-0.15, -0.1) is 11.8 Å². The minimum Gasteiger partial charge on any atom is -0.353 e. The molecule has 3 nitrogen and oxygen atoms in total. The Morgan fingerprint density at radius 2 is 2.10 bits per heavy atom. The van der Waals surface area contributed by atoms with Crippen molar-refractivity contribution in [1.29, 1.82) is 0 Å². The number of nitrogens with one attached hydrogen (secondary N) is 2. The molecule has 4 heteroatoms. The molecule has 20 heavy (non-hydrogen) atoms. The molecule has 1 aromatic rings. The molecule has 2 N–H and O–H groups in total. The van der Waals surface area contributed by atoms with Gasteiger partial charge in [0.25, 0.3) is 0 Å². The Hall–Kier alpha value is -1.00. The van der Waals surface area contributed by atoms with Gasteiger partial charge in [0, 0.05) is 17.5 Å². The van der Waals surface area contributed by atoms with E-state index in [2.05, 4.69) is 28.8 Å². The topological polar surface area (TPSA) is 41.1 Å². The number of hydrogen-bond donors (Lipinski definition) is 2. The summed E-state index contributed by atoms with van der Waals surface area (Å²) >= 11 is 1.62. The van der Waals surface area contributed by atoms with E-state index in [4.69, 9.17) is 0 Å². The average Bonchev–Trinajstić information content (AvgIpc) is 2.47. The van der Waals surface area contributed by atoms with Crippen LogP contribution in [0.15, 0.2) is 29.2 Å². The number of amides is 1. The molecular weight excluding hydrogens is 268 g/mol. The van der Waals surface area contributed by atoms with Gasteiger partial charge in [0.05, 0.1) is 5.75 Å². The van der Waals surface area contributed by atoms with E-state index in [0.717, 1.165) is 24.3 Å². The van der Waals surface area contributed by atoms with Gasteiger partial charge in [-0.05, 0) is 37.6 Å². The fourth-order valence-corrected chi connectivity index (χ4v) is 3.41. The Bertz CT molecular complexity index is 430. The SMILES string of the molecule is CNCc1cccc(SCC(=O)NC2CCCCC2)c1. The highest BCUT2D eigenvalue weighted by molar-refractivity contribution is 8.00. The molecule has 0 aliphatic heterocycles. The summed E-state index contributed by atoms with van der Waals surface area (Å²) in [6.45, 7) is 0.864. The lowest BCUT2D eigenvalue weighted by Crippen LogP contribution is -2.37. The lowest BCUT2D eigenvalue weighted by molar-refractivity contribution is -0.119. The van der Waals surface area contributed by atoms with Crippen LogP contribution in [-0.2, 0) is 11.3 Å². The third-order valence-electron chi connectivity index (χ3n) is 3.62. The first-order valence-corrected chi connectivity index (χ1v) is 8.42. The van der Waals surface area contributed by atoms with Crippen LogP contribution < -0.4 is 10.6 Å². The Balaban J connectivity index is 1.76. The Kier molecular flexibility index (Phi) is 6.40. The molecule has 1 fully saturated rings. The molecule has 0 radical (unpaired) electrons. The molecule has 1 aliphatic carbocycles. The Morgan fingerprint density at radius 3 is 2.85 bits per heavy atom. The molecule has 0 unspecified atom stereocenters. The standard InChI is InChI=1S/C16H24N2OS/c1-17-11-13-6-5-9-15(10-13)20-12-16(19)18-14-7-3-2-4-8-14/h5-6,9-10,14,17H,2-4,7-8,11-12H2,1H3,(H,18,19). The highest BCUT2D eigenvalue weighted by Crippen LogP contribution is 2.20. The van der Waals surface area contributed by atoms with Gasteiger partial charge in [-0.3, -0.25) is 4.79 Å². The number of carbonyl (C=O) groups excluding carboxylic acids is 1. The predicted octanol–water partition coefficient (Wildman–Crippen LogP) is 2.95. The first-order chi connectivity index (χ1) is 9.78. The van der Waals surface area contributed by atoms with Crippen LogP contribution in [-0.4, -0.2) is 24.7 Å². The predicted molar refractivity (Wildman–Crippen MR) is 84.9 cm³/mol. The minimum atomic E-state index is 0.168. The van der Waals surface area contributed by atoms with Gasteiger partial charge in [0.1, 0.15) is 0 Å². The maximum absolute atomic E-state index is 12.0. The van der Waals surface area contributed by atoms with Crippen molar-refractivity contribution < 1.29 is 4.79 Å². The third-order valence-corrected chi connectivity index (χ3v) is 4.61. The van der Waals surface area contributed by atoms with Crippen LogP contribution in [0.4, 0.5) is 0 Å². The van der Waals surface area contributed by atoms with E-state index in [1.165, 1.54) is 24.8 Å². The summed E-state index contributed by atoms with van der Waals surface area (Å²) in [4.78, 5) is 13.1. The van der Waals surface area contributed by atoms with E-state index in [1.54, 1.807) is 11.8 Å². The van der Waals surface area contributed by atoms with Crippen LogP contribution in [0.3, 0.4) is 0 Å². The van der Waals surface area contributed by atoms with Crippen molar-refractivity contribution in [2.45, 2.75) is 49.6 Å². The Labute approximate surface area is 125 Å². The molecule has 0 heterocycles. The highest BCUT2D eigenvalue weighted by atomic mass is 32.2. The molecule has 0 aromatic heterocycles. The van der Waals surface area contributed by atoms with E-state index >= 15 is 0 Å². The molecule has 110 valence electrons. The van der Waals surface area contributed by atoms with Gasteiger partial charge in [-0.1, -0.05) is 31.4 Å². The second-order valence-corrected chi connectivity index (χ2v) is 6.42. The second-order valence-electron chi connectivity index (χ2n) is 5.37. The van der Waals surface area contributed by atoms with E-state index in [0.29, 0.717) is 11.8 Å². The molecule has 1 aliphatic rings. The number of benzene rings is 1. The van der Waals surface area contributed by atoms with Crippen molar-refractivity contribution in [3.05, 3.63) is 29.8 Å². The van der Waals surface area contributed by atoms with Gasteiger partial charge < -0.3 is 10.6 Å². The number of rotatable bonds is 6. The summed E-state index contributed by atoms with van der Waals surface area (Å²) in [5, 5.41) is 6.30. The monoisotopic (exact) mass is 292 g/mol. The Morgan fingerprint density at radius 1 is 1.30 bits per heavy atom. The molecule has 1 saturated carbocycles. The van der Waals surface area contributed by atoms with Crippen LogP contribution in [0.25, 0.3) is 0 Å². The first kappa shape index (κ1) is 15.4. The van der Waals surface area contributed by atoms with Crippen molar-refractivity contribution in [2.75, 3.05) is 12.8 Å². The summed E-state index contributed by atoms with van der Waals surface area (Å²) in [6.07, 6.45) is 6.12. The van der Waals surface area contributed by atoms with Crippen molar-refractivity contribution in [2.24, 2.45) is 0 Å². The molecule has 0 atom stereocenters. The van der Waals surface area contributed by atoms with E-state index in [-0.39, 0.29) is 5.91 Å². The van der Waals surface area contributed by atoms with Crippen LogP contribution in [0, 0.1) is 0 Å². The molecule has 0 saturated heterocycles. The van der Waals surface area contributed by atoms with Gasteiger partial charge in [-0.25, -0.2) is 0 Å². The van der Waals surface area contributed by atoms with Gasteiger partial charge in [0.2, 0.25) is 5.91 Å². The number of thioether (sulfide) groups is 1. The highest BCUT2D eigenvalue weighted by Gasteiger charge is 2.15. The molecule has 1 amide bonds. The van der Waals surface area contributed by atoms with Crippen LogP contribution in [0.2, 0.25) is 0 Å². The minimum absolute atomic E-state index is 0.168. The zero-order chi connectivity index (χ0) is 14.2. The molecule has 0 spiro atoms. The summed E-state index contributed by atoms with van der Waals surface area (Å²) in [7, 11) is 1.94. The molecule has 1 aromatic carbocycles. The molecule has 2 rings (SSSR count). The maximum Gasteiger partial charge on any atom is 0.230 e. The largest absolute Gasteiger partial charge is 0.353 e. The maximum atomic E-state index is 12.0. The lowest BCUT2D eigenvalue weighted by Gasteiger charge is -2.22. The third kappa shape index (κ3) is 5.17. The first-order valence-electron chi connectivity index (χ1n) is 7.43. The van der Waals surface area contributed by atoms with Crippen molar-refractivity contribution in [3.8, 4) is 0 Å². The quantitative estimate of drug-likeness (QED) is 0.792. The molecule has 0 bridgehead atoms. The smallest absolute Gasteiger partial charge is 0.230 e. The fraction of sp³-hybridized carbons (Fsp3) is 0.562. The van der Waals surface area contributed by atoms with Crippen LogP contribution in [0.5, 0.6) is 0 Å². The zero-order valence-electron chi connectivity index (χ0n) is 12.2. The van der Waals surface area contributed by atoms with Crippen molar-refractivity contribution in [3.63, 3.8) is 0 Å². The fourth-order valence-electron chi connectivity index (χ4n) is 2.61. The molecular formula is C16H24N2OS. The lowest BCUT2D eigenvalue weighted by atomic mass is 9.95. The van der Waals surface area contributed by atoms with E-state index in [9.17, 15) is 4.79 Å². The van der Waals surface area contributed by atoms with Crippen LogP contribution >= 0.6 is 11.8 Å². The van der Waals surface area contributed by atoms with E-state index in [1.807, 2.05) is 13.1 Å². The second kappa shape index (κ2) is 8.32. The average molecular weight is 292 g/mol. The van der Waals surface area contributed by atoms with Gasteiger partial charge in [0.15, 0.2) is 0 Å². The van der Waals surface area contributed by atoms with Gasteiger partial charge in [-0.2, -0.15) is 0 Å². The van der Waals surface area contributed by atoms with Gasteiger partial charge >= 0.3 is 0 Å². The summed E-state index contributed by atoms with van der Waals surface area (Å²) in [5.74, 6) is 0.681. The van der Waals surface area contributed by atoms with Crippen molar-refractivity contribution >= 4 is 17.7 Å². The van der Waals surface area contributed by atoms with Crippen LogP contribution in [0.1, 0.15) is 37.7 Å². The normalized spacial score (nSPS) is 16.1. The zero-order valence-corrected chi connectivity index (χ0v) is 13.0. The summed E-state index contributed by atoms with van der Waals surface area (Å²) < 4.78 is 0. The number of carbonyl (C=O) groups is 1. The van der Waals surface area contributed by atoms with E-state index < -0.39 is 0 Å². The summed E-state index contributed by atoms with van der Waals surface area (Å²) in [6, 6.07) is 8.77.